The van der Waals surface area contributed by atoms with Gasteiger partial charge in [0.05, 0.1) is 25.0 Å². The van der Waals surface area contributed by atoms with Crippen LogP contribution in [0.15, 0.2) is 36.4 Å². The van der Waals surface area contributed by atoms with Crippen molar-refractivity contribution in [3.63, 3.8) is 0 Å². The molecule has 3 rings (SSSR count). The van der Waals surface area contributed by atoms with Crippen LogP contribution in [-0.2, 0) is 20.9 Å². The molecule has 1 amide bonds. The van der Waals surface area contributed by atoms with Gasteiger partial charge in [-0.1, -0.05) is 44.4 Å². The maximum atomic E-state index is 13.0. The van der Waals surface area contributed by atoms with E-state index in [2.05, 4.69) is 18.3 Å². The highest BCUT2D eigenvalue weighted by Crippen LogP contribution is 2.35. The molecule has 0 radical (unpaired) electrons. The van der Waals surface area contributed by atoms with E-state index in [1.165, 1.54) is 0 Å². The number of aliphatic carboxylic acids is 1. The van der Waals surface area contributed by atoms with E-state index in [0.29, 0.717) is 38.3 Å². The van der Waals surface area contributed by atoms with Crippen LogP contribution in [-0.4, -0.2) is 30.2 Å². The molecule has 2 aromatic carbocycles. The van der Waals surface area contributed by atoms with Gasteiger partial charge in [0.2, 0.25) is 5.91 Å². The first-order valence-corrected chi connectivity index (χ1v) is 12.4. The predicted octanol–water partition coefficient (Wildman–Crippen LogP) is 6.21. The van der Waals surface area contributed by atoms with Gasteiger partial charge < -0.3 is 19.9 Å². The van der Waals surface area contributed by atoms with Gasteiger partial charge in [-0.2, -0.15) is 0 Å². The normalized spacial score (nSPS) is 17.9. The first-order valence-electron chi connectivity index (χ1n) is 12.4. The molecule has 0 unspecified atom stereocenters. The fourth-order valence-electron chi connectivity index (χ4n) is 4.68. The molecule has 1 aliphatic carbocycles. The van der Waals surface area contributed by atoms with E-state index < -0.39 is 17.8 Å². The quantitative estimate of drug-likeness (QED) is 0.384. The van der Waals surface area contributed by atoms with E-state index in [1.807, 2.05) is 44.2 Å². The van der Waals surface area contributed by atoms with Crippen LogP contribution >= 0.6 is 0 Å². The van der Waals surface area contributed by atoms with Crippen molar-refractivity contribution in [1.82, 2.24) is 0 Å². The number of carbonyl (C=O) groups excluding carboxylic acids is 1. The standard InChI is InChI=1S/C28H37NO5/c1-4-6-16-33-18-20-17-21(29-27(30)24-10-7-8-11-25(24)28(31)32)14-15-23(20)22-12-9-13-26(19(22)3)34-5-2/h9,12-15,17,24-25H,4-8,10-11,16,18H2,1-3H3,(H,29,30)(H,31,32)/t24-,25+/m0/s1. The highest BCUT2D eigenvalue weighted by molar-refractivity contribution is 5.95. The Labute approximate surface area is 202 Å². The van der Waals surface area contributed by atoms with Crippen molar-refractivity contribution in [2.24, 2.45) is 11.8 Å². The van der Waals surface area contributed by atoms with Crippen molar-refractivity contribution < 1.29 is 24.2 Å². The molecular formula is C28H37NO5. The Morgan fingerprint density at radius 1 is 1.06 bits per heavy atom. The Morgan fingerprint density at radius 3 is 2.53 bits per heavy atom. The van der Waals surface area contributed by atoms with Crippen molar-refractivity contribution in [3.05, 3.63) is 47.5 Å². The average molecular weight is 468 g/mol. The van der Waals surface area contributed by atoms with E-state index in [1.54, 1.807) is 0 Å². The summed E-state index contributed by atoms with van der Waals surface area (Å²) in [4.78, 5) is 24.6. The molecule has 34 heavy (non-hydrogen) atoms. The Kier molecular flexibility index (Phi) is 9.52. The molecule has 1 aliphatic rings. The number of amides is 1. The highest BCUT2D eigenvalue weighted by atomic mass is 16.5. The maximum Gasteiger partial charge on any atom is 0.307 e. The lowest BCUT2D eigenvalue weighted by Crippen LogP contribution is -2.36. The Morgan fingerprint density at radius 2 is 1.82 bits per heavy atom. The molecule has 1 saturated carbocycles. The first kappa shape index (κ1) is 25.8. The van der Waals surface area contributed by atoms with E-state index >= 15 is 0 Å². The number of hydrogen-bond acceptors (Lipinski definition) is 4. The van der Waals surface area contributed by atoms with Crippen molar-refractivity contribution in [2.45, 2.75) is 65.9 Å². The summed E-state index contributed by atoms with van der Waals surface area (Å²) in [6.07, 6.45) is 4.95. The van der Waals surface area contributed by atoms with Crippen molar-refractivity contribution >= 4 is 17.6 Å². The average Bonchev–Trinajstić information content (AvgIpc) is 2.83. The van der Waals surface area contributed by atoms with Gasteiger partial charge in [0, 0.05) is 12.3 Å². The molecule has 0 aromatic heterocycles. The zero-order valence-electron chi connectivity index (χ0n) is 20.6. The second kappa shape index (κ2) is 12.6. The van der Waals surface area contributed by atoms with Gasteiger partial charge in [0.1, 0.15) is 5.75 Å². The number of anilines is 1. The number of hydrogen-bond donors (Lipinski definition) is 2. The first-order chi connectivity index (χ1) is 16.5. The molecule has 0 saturated heterocycles. The number of ether oxygens (including phenoxy) is 2. The summed E-state index contributed by atoms with van der Waals surface area (Å²) in [6.45, 7) is 7.85. The van der Waals surface area contributed by atoms with Gasteiger partial charge in [-0.25, -0.2) is 0 Å². The minimum absolute atomic E-state index is 0.216. The van der Waals surface area contributed by atoms with Gasteiger partial charge >= 0.3 is 5.97 Å². The molecule has 0 aliphatic heterocycles. The molecule has 6 nitrogen and oxygen atoms in total. The third-order valence-corrected chi connectivity index (χ3v) is 6.57. The fraction of sp³-hybridized carbons (Fsp3) is 0.500. The molecule has 0 spiro atoms. The SMILES string of the molecule is CCCCOCc1cc(NC(=O)[C@H]2CCCC[C@H]2C(=O)O)ccc1-c1cccc(OCC)c1C. The van der Waals surface area contributed by atoms with Crippen LogP contribution in [0.2, 0.25) is 0 Å². The molecular weight excluding hydrogens is 430 g/mol. The van der Waals surface area contributed by atoms with E-state index in [4.69, 9.17) is 9.47 Å². The predicted molar refractivity (Wildman–Crippen MR) is 134 cm³/mol. The highest BCUT2D eigenvalue weighted by Gasteiger charge is 2.35. The molecule has 0 bridgehead atoms. The lowest BCUT2D eigenvalue weighted by Gasteiger charge is -2.27. The number of carbonyl (C=O) groups is 2. The molecule has 2 atom stereocenters. The van der Waals surface area contributed by atoms with E-state index in [-0.39, 0.29) is 5.91 Å². The van der Waals surface area contributed by atoms with Crippen LogP contribution in [0.4, 0.5) is 5.69 Å². The van der Waals surface area contributed by atoms with Crippen molar-refractivity contribution in [2.75, 3.05) is 18.5 Å². The summed E-state index contributed by atoms with van der Waals surface area (Å²) in [5, 5.41) is 12.5. The van der Waals surface area contributed by atoms with Crippen molar-refractivity contribution in [3.8, 4) is 16.9 Å². The molecule has 1 fully saturated rings. The van der Waals surface area contributed by atoms with Crippen LogP contribution in [0.1, 0.15) is 63.5 Å². The van der Waals surface area contributed by atoms with Gasteiger partial charge in [0.25, 0.3) is 0 Å². The van der Waals surface area contributed by atoms with Gasteiger partial charge in [0.15, 0.2) is 0 Å². The van der Waals surface area contributed by atoms with Crippen molar-refractivity contribution in [1.29, 1.82) is 0 Å². The third-order valence-electron chi connectivity index (χ3n) is 6.57. The number of carboxylic acid groups (broad SMARTS) is 1. The van der Waals surface area contributed by atoms with E-state index in [9.17, 15) is 14.7 Å². The monoisotopic (exact) mass is 467 g/mol. The van der Waals surface area contributed by atoms with Crippen LogP contribution in [0.5, 0.6) is 5.75 Å². The molecule has 6 heteroatoms. The summed E-state index contributed by atoms with van der Waals surface area (Å²) >= 11 is 0. The van der Waals surface area contributed by atoms with Gasteiger partial charge in [-0.05, 0) is 73.6 Å². The van der Waals surface area contributed by atoms with Crippen LogP contribution in [0.25, 0.3) is 11.1 Å². The zero-order valence-corrected chi connectivity index (χ0v) is 20.6. The number of carboxylic acids is 1. The lowest BCUT2D eigenvalue weighted by atomic mass is 9.78. The molecule has 2 N–H and O–H groups in total. The molecule has 2 aromatic rings. The summed E-state index contributed by atoms with van der Waals surface area (Å²) in [5.41, 5.74) is 4.80. The summed E-state index contributed by atoms with van der Waals surface area (Å²) < 4.78 is 11.7. The summed E-state index contributed by atoms with van der Waals surface area (Å²) in [6, 6.07) is 11.9. The van der Waals surface area contributed by atoms with E-state index in [0.717, 1.165) is 53.7 Å². The number of unbranched alkanes of at least 4 members (excludes halogenated alkanes) is 1. The van der Waals surface area contributed by atoms with Crippen LogP contribution < -0.4 is 10.1 Å². The Balaban J connectivity index is 1.88. The second-order valence-corrected chi connectivity index (χ2v) is 8.96. The topological polar surface area (TPSA) is 84.9 Å². The van der Waals surface area contributed by atoms with Crippen LogP contribution in [0.3, 0.4) is 0 Å². The van der Waals surface area contributed by atoms with Gasteiger partial charge in [-0.15, -0.1) is 0 Å². The number of nitrogens with one attached hydrogen (secondary N) is 1. The van der Waals surface area contributed by atoms with Crippen LogP contribution in [0, 0.1) is 18.8 Å². The molecule has 184 valence electrons. The number of rotatable bonds is 11. The smallest absolute Gasteiger partial charge is 0.307 e. The number of benzene rings is 2. The fourth-order valence-corrected chi connectivity index (χ4v) is 4.68. The Hall–Kier alpha value is -2.86. The molecule has 0 heterocycles. The second-order valence-electron chi connectivity index (χ2n) is 8.96. The Bertz CT molecular complexity index is 987. The summed E-state index contributed by atoms with van der Waals surface area (Å²) in [7, 11) is 0. The largest absolute Gasteiger partial charge is 0.494 e. The minimum Gasteiger partial charge on any atom is -0.494 e. The lowest BCUT2D eigenvalue weighted by molar-refractivity contribution is -0.147. The third kappa shape index (κ3) is 6.38. The van der Waals surface area contributed by atoms with Gasteiger partial charge in [-0.3, -0.25) is 9.59 Å². The summed E-state index contributed by atoms with van der Waals surface area (Å²) in [5.74, 6) is -1.36. The minimum atomic E-state index is -0.884. The zero-order chi connectivity index (χ0) is 24.5. The maximum absolute atomic E-state index is 13.0.